The number of anilines is 1. The molecule has 0 aliphatic rings. The third-order valence-corrected chi connectivity index (χ3v) is 7.99. The van der Waals surface area contributed by atoms with E-state index in [1.807, 2.05) is 38.1 Å². The van der Waals surface area contributed by atoms with Crippen LogP contribution in [0.25, 0.3) is 0 Å². The number of hydrogen-bond donors (Lipinski definition) is 1. The maximum Gasteiger partial charge on any atom is 0.244 e. The van der Waals surface area contributed by atoms with Gasteiger partial charge in [0.15, 0.2) is 0 Å². The fraction of sp³-hybridized carbons (Fsp3) is 0.391. The lowest BCUT2D eigenvalue weighted by Crippen LogP contribution is -2.52. The van der Waals surface area contributed by atoms with Gasteiger partial charge in [-0.1, -0.05) is 69.8 Å². The molecule has 0 bridgehead atoms. The van der Waals surface area contributed by atoms with Crippen molar-refractivity contribution in [1.29, 1.82) is 0 Å². The van der Waals surface area contributed by atoms with Crippen molar-refractivity contribution in [2.45, 2.75) is 45.8 Å². The summed E-state index contributed by atoms with van der Waals surface area (Å²) in [7, 11) is -3.96. The van der Waals surface area contributed by atoms with Gasteiger partial charge in [0, 0.05) is 17.1 Å². The molecular formula is C23H27BrCl3N3O4S. The molecule has 0 heterocycles. The summed E-state index contributed by atoms with van der Waals surface area (Å²) >= 11 is 21.7. The largest absolute Gasteiger partial charge is 0.352 e. The first kappa shape index (κ1) is 29.7. The van der Waals surface area contributed by atoms with Crippen molar-refractivity contribution >= 4 is 78.3 Å². The molecule has 0 fully saturated rings. The fourth-order valence-electron chi connectivity index (χ4n) is 3.18. The van der Waals surface area contributed by atoms with Gasteiger partial charge in [0.25, 0.3) is 0 Å². The van der Waals surface area contributed by atoms with Crippen LogP contribution in [0, 0.1) is 0 Å². The van der Waals surface area contributed by atoms with Crippen molar-refractivity contribution in [2.24, 2.45) is 0 Å². The van der Waals surface area contributed by atoms with E-state index in [1.54, 1.807) is 6.92 Å². The van der Waals surface area contributed by atoms with Crippen LogP contribution in [0.5, 0.6) is 0 Å². The van der Waals surface area contributed by atoms with Crippen LogP contribution in [0.2, 0.25) is 15.1 Å². The summed E-state index contributed by atoms with van der Waals surface area (Å²) in [6.07, 6.45) is 1.67. The van der Waals surface area contributed by atoms with Crippen LogP contribution < -0.4 is 9.62 Å². The quantitative estimate of drug-likeness (QED) is 0.352. The summed E-state index contributed by atoms with van der Waals surface area (Å²) < 4.78 is 27.0. The van der Waals surface area contributed by atoms with E-state index in [2.05, 4.69) is 21.2 Å². The van der Waals surface area contributed by atoms with Gasteiger partial charge in [0.2, 0.25) is 21.8 Å². The molecule has 0 saturated heterocycles. The molecule has 0 aliphatic heterocycles. The SMILES string of the molecule is CC[C@H](C)NC(=O)[C@@H](C)N(Cc1cccc(Br)c1)C(=O)CN(c1cc(Cl)c(Cl)cc1Cl)S(C)(=O)=O. The Morgan fingerprint density at radius 1 is 1.06 bits per heavy atom. The minimum Gasteiger partial charge on any atom is -0.352 e. The van der Waals surface area contributed by atoms with Gasteiger partial charge in [0.05, 0.1) is 27.0 Å². The van der Waals surface area contributed by atoms with Crippen LogP contribution >= 0.6 is 50.7 Å². The van der Waals surface area contributed by atoms with Crippen molar-refractivity contribution < 1.29 is 18.0 Å². The van der Waals surface area contributed by atoms with E-state index in [0.29, 0.717) is 0 Å². The predicted octanol–water partition coefficient (Wildman–Crippen LogP) is 5.51. The number of nitrogens with zero attached hydrogens (tertiary/aromatic N) is 2. The summed E-state index contributed by atoms with van der Waals surface area (Å²) in [6.45, 7) is 4.89. The van der Waals surface area contributed by atoms with E-state index in [0.717, 1.165) is 27.0 Å². The lowest BCUT2D eigenvalue weighted by atomic mass is 10.1. The van der Waals surface area contributed by atoms with Crippen molar-refractivity contribution in [3.8, 4) is 0 Å². The molecule has 0 aromatic heterocycles. The number of rotatable bonds is 10. The highest BCUT2D eigenvalue weighted by atomic mass is 79.9. The molecule has 12 heteroatoms. The molecule has 0 radical (unpaired) electrons. The number of hydrogen-bond acceptors (Lipinski definition) is 4. The zero-order valence-electron chi connectivity index (χ0n) is 19.7. The standard InChI is InChI=1S/C23H27BrCl3N3O4S/c1-5-14(2)28-23(32)15(3)29(12-16-7-6-8-17(24)9-16)22(31)13-30(35(4,33)34)21-11-19(26)18(25)10-20(21)27/h6-11,14-15H,5,12-13H2,1-4H3,(H,28,32)/t14-,15+/m0/s1. The average Bonchev–Trinajstić information content (AvgIpc) is 2.77. The van der Waals surface area contributed by atoms with Gasteiger partial charge in [-0.25, -0.2) is 8.42 Å². The van der Waals surface area contributed by atoms with Gasteiger partial charge in [-0.15, -0.1) is 0 Å². The lowest BCUT2D eigenvalue weighted by molar-refractivity contribution is -0.139. The molecule has 7 nitrogen and oxygen atoms in total. The first-order valence-corrected chi connectivity index (χ1v) is 14.5. The third-order valence-electron chi connectivity index (χ3n) is 5.35. The second-order valence-corrected chi connectivity index (χ2v) is 12.2. The number of nitrogens with one attached hydrogen (secondary N) is 1. The van der Waals surface area contributed by atoms with E-state index in [9.17, 15) is 18.0 Å². The maximum absolute atomic E-state index is 13.6. The Balaban J connectivity index is 2.46. The molecule has 0 unspecified atom stereocenters. The first-order chi connectivity index (χ1) is 16.2. The number of halogens is 4. The Bertz CT molecular complexity index is 1200. The molecule has 0 spiro atoms. The Labute approximate surface area is 229 Å². The summed E-state index contributed by atoms with van der Waals surface area (Å²) in [4.78, 5) is 27.8. The third kappa shape index (κ3) is 8.25. The summed E-state index contributed by atoms with van der Waals surface area (Å²) in [5.41, 5.74) is 0.769. The van der Waals surface area contributed by atoms with E-state index in [4.69, 9.17) is 34.8 Å². The molecule has 0 aliphatic carbocycles. The minimum atomic E-state index is -3.96. The smallest absolute Gasteiger partial charge is 0.244 e. The molecule has 2 aromatic carbocycles. The Morgan fingerprint density at radius 2 is 1.69 bits per heavy atom. The van der Waals surface area contributed by atoms with Crippen LogP contribution in [0.4, 0.5) is 5.69 Å². The Kier molecular flexibility index (Phi) is 10.7. The first-order valence-electron chi connectivity index (χ1n) is 10.7. The summed E-state index contributed by atoms with van der Waals surface area (Å²) in [6, 6.07) is 8.93. The topological polar surface area (TPSA) is 86.8 Å². The Morgan fingerprint density at radius 3 is 2.26 bits per heavy atom. The molecule has 1 N–H and O–H groups in total. The van der Waals surface area contributed by atoms with Gasteiger partial charge >= 0.3 is 0 Å². The molecule has 2 amide bonds. The van der Waals surface area contributed by atoms with Crippen LogP contribution in [0.15, 0.2) is 40.9 Å². The molecule has 35 heavy (non-hydrogen) atoms. The molecular weight excluding hydrogens is 601 g/mol. The predicted molar refractivity (Wildman–Crippen MR) is 146 cm³/mol. The monoisotopic (exact) mass is 625 g/mol. The van der Waals surface area contributed by atoms with Crippen LogP contribution in [0.1, 0.15) is 32.8 Å². The molecule has 0 saturated carbocycles. The lowest BCUT2D eigenvalue weighted by Gasteiger charge is -2.32. The van der Waals surface area contributed by atoms with Crippen LogP contribution in [-0.2, 0) is 26.2 Å². The highest BCUT2D eigenvalue weighted by Gasteiger charge is 2.31. The van der Waals surface area contributed by atoms with E-state index >= 15 is 0 Å². The zero-order chi connectivity index (χ0) is 26.5. The average molecular weight is 628 g/mol. The van der Waals surface area contributed by atoms with Gasteiger partial charge in [-0.05, 0) is 50.1 Å². The highest BCUT2D eigenvalue weighted by molar-refractivity contribution is 9.10. The maximum atomic E-state index is 13.6. The highest BCUT2D eigenvalue weighted by Crippen LogP contribution is 2.35. The number of amides is 2. The normalized spacial score (nSPS) is 13.1. The molecule has 2 atom stereocenters. The molecule has 2 aromatic rings. The van der Waals surface area contributed by atoms with Crippen molar-refractivity contribution in [3.05, 3.63) is 61.5 Å². The van der Waals surface area contributed by atoms with E-state index in [1.165, 1.54) is 17.0 Å². The zero-order valence-corrected chi connectivity index (χ0v) is 24.4. The number of sulfonamides is 1. The number of carbonyl (C=O) groups excluding carboxylic acids is 2. The Hall–Kier alpha value is -1.52. The number of carbonyl (C=O) groups is 2. The second-order valence-electron chi connectivity index (χ2n) is 8.13. The van der Waals surface area contributed by atoms with Crippen molar-refractivity contribution in [3.63, 3.8) is 0 Å². The minimum absolute atomic E-state index is 0.0102. The molecule has 192 valence electrons. The van der Waals surface area contributed by atoms with Crippen LogP contribution in [0.3, 0.4) is 0 Å². The fourth-order valence-corrected chi connectivity index (χ4v) is 5.17. The van der Waals surface area contributed by atoms with Crippen molar-refractivity contribution in [1.82, 2.24) is 10.2 Å². The molecule has 2 rings (SSSR count). The van der Waals surface area contributed by atoms with Crippen LogP contribution in [-0.4, -0.2) is 50.0 Å². The van der Waals surface area contributed by atoms with Gasteiger partial charge in [-0.3, -0.25) is 13.9 Å². The van der Waals surface area contributed by atoms with Gasteiger partial charge in [0.1, 0.15) is 12.6 Å². The van der Waals surface area contributed by atoms with E-state index in [-0.39, 0.29) is 39.2 Å². The second kappa shape index (κ2) is 12.6. The van der Waals surface area contributed by atoms with Gasteiger partial charge in [-0.2, -0.15) is 0 Å². The van der Waals surface area contributed by atoms with Gasteiger partial charge < -0.3 is 10.2 Å². The summed E-state index contributed by atoms with van der Waals surface area (Å²) in [5, 5.41) is 3.11. The number of benzene rings is 2. The van der Waals surface area contributed by atoms with Crippen molar-refractivity contribution in [2.75, 3.05) is 17.1 Å². The van der Waals surface area contributed by atoms with E-state index < -0.39 is 28.5 Å². The summed E-state index contributed by atoms with van der Waals surface area (Å²) in [5.74, 6) is -0.939.